The fourth-order valence-electron chi connectivity index (χ4n) is 2.74. The van der Waals surface area contributed by atoms with Crippen molar-refractivity contribution in [3.8, 4) is 0 Å². The van der Waals surface area contributed by atoms with E-state index < -0.39 is 0 Å². The van der Waals surface area contributed by atoms with Crippen LogP contribution in [0.2, 0.25) is 0 Å². The zero-order valence-electron chi connectivity index (χ0n) is 13.4. The van der Waals surface area contributed by atoms with Crippen molar-refractivity contribution in [2.24, 2.45) is 0 Å². The number of rotatable bonds is 5. The maximum atomic E-state index is 12.0. The van der Waals surface area contributed by atoms with Gasteiger partial charge in [-0.25, -0.2) is 0 Å². The second-order valence-electron chi connectivity index (χ2n) is 6.56. The van der Waals surface area contributed by atoms with E-state index in [0.29, 0.717) is 13.0 Å². The molecule has 1 N–H and O–H groups in total. The molecule has 1 fully saturated rings. The first-order valence-electron chi connectivity index (χ1n) is 7.55. The summed E-state index contributed by atoms with van der Waals surface area (Å²) in [7, 11) is 0. The molecule has 118 valence electrons. The summed E-state index contributed by atoms with van der Waals surface area (Å²) >= 11 is 1.63. The minimum atomic E-state index is -0.0589. The van der Waals surface area contributed by atoms with Crippen LogP contribution in [0.3, 0.4) is 0 Å². The molecule has 0 radical (unpaired) electrons. The molecule has 1 aromatic rings. The zero-order valence-corrected chi connectivity index (χ0v) is 14.2. The summed E-state index contributed by atoms with van der Waals surface area (Å²) in [6.07, 6.45) is 0.958. The molecule has 0 unspecified atom stereocenters. The van der Waals surface area contributed by atoms with E-state index in [-0.39, 0.29) is 23.7 Å². The summed E-state index contributed by atoms with van der Waals surface area (Å²) in [4.78, 5) is 14.4. The maximum absolute atomic E-state index is 12.0. The van der Waals surface area contributed by atoms with E-state index >= 15 is 0 Å². The van der Waals surface area contributed by atoms with Gasteiger partial charge in [0.1, 0.15) is 0 Å². The van der Waals surface area contributed by atoms with Gasteiger partial charge in [0, 0.05) is 25.2 Å². The number of thiophene rings is 1. The van der Waals surface area contributed by atoms with Crippen LogP contribution in [0.25, 0.3) is 0 Å². The predicted octanol–water partition coefficient (Wildman–Crippen LogP) is 2.29. The van der Waals surface area contributed by atoms with Gasteiger partial charge in [0.05, 0.1) is 18.6 Å². The molecule has 1 amide bonds. The molecule has 1 saturated heterocycles. The van der Waals surface area contributed by atoms with Crippen molar-refractivity contribution >= 4 is 17.2 Å². The van der Waals surface area contributed by atoms with E-state index in [1.165, 1.54) is 0 Å². The van der Waals surface area contributed by atoms with Crippen molar-refractivity contribution in [2.75, 3.05) is 19.6 Å². The van der Waals surface area contributed by atoms with Crippen molar-refractivity contribution in [3.63, 3.8) is 0 Å². The van der Waals surface area contributed by atoms with Gasteiger partial charge in [0.15, 0.2) is 0 Å². The number of ether oxygens (including phenoxy) is 1. The van der Waals surface area contributed by atoms with Crippen molar-refractivity contribution in [2.45, 2.75) is 51.9 Å². The van der Waals surface area contributed by atoms with E-state index in [9.17, 15) is 4.79 Å². The third kappa shape index (κ3) is 4.80. The Bertz CT molecular complexity index is 449. The second-order valence-corrected chi connectivity index (χ2v) is 7.34. The lowest BCUT2D eigenvalue weighted by Gasteiger charge is -2.45. The Hall–Kier alpha value is -0.910. The normalized spacial score (nSPS) is 24.0. The molecule has 1 aromatic heterocycles. The first kappa shape index (κ1) is 16.5. The largest absolute Gasteiger partial charge is 0.373 e. The summed E-state index contributed by atoms with van der Waals surface area (Å²) in [6.45, 7) is 11.1. The lowest BCUT2D eigenvalue weighted by atomic mass is 10.00. The van der Waals surface area contributed by atoms with Crippen LogP contribution in [0.5, 0.6) is 0 Å². The van der Waals surface area contributed by atoms with Crippen LogP contribution in [0, 0.1) is 0 Å². The molecule has 0 saturated carbocycles. The van der Waals surface area contributed by atoms with Gasteiger partial charge < -0.3 is 10.1 Å². The Balaban J connectivity index is 1.84. The van der Waals surface area contributed by atoms with E-state index in [0.717, 1.165) is 18.7 Å². The minimum absolute atomic E-state index is 0.0589. The number of carbonyl (C=O) groups is 1. The number of amides is 1. The minimum Gasteiger partial charge on any atom is -0.373 e. The van der Waals surface area contributed by atoms with Gasteiger partial charge in [-0.3, -0.25) is 9.69 Å². The van der Waals surface area contributed by atoms with Crippen molar-refractivity contribution in [1.29, 1.82) is 0 Å². The van der Waals surface area contributed by atoms with Crippen LogP contribution < -0.4 is 5.32 Å². The van der Waals surface area contributed by atoms with Gasteiger partial charge in [0.2, 0.25) is 5.91 Å². The summed E-state index contributed by atoms with van der Waals surface area (Å²) in [5.74, 6) is 0.0934. The third-order valence-electron chi connectivity index (χ3n) is 3.94. The Kier molecular flexibility index (Phi) is 5.41. The molecular weight excluding hydrogens is 284 g/mol. The number of hydrogen-bond donors (Lipinski definition) is 1. The van der Waals surface area contributed by atoms with E-state index in [2.05, 4.69) is 37.9 Å². The average Bonchev–Trinajstić information content (AvgIpc) is 2.88. The van der Waals surface area contributed by atoms with Crippen LogP contribution in [0.4, 0.5) is 0 Å². The first-order valence-corrected chi connectivity index (χ1v) is 8.49. The van der Waals surface area contributed by atoms with E-state index in [1.807, 2.05) is 16.8 Å². The Morgan fingerprint density at radius 3 is 2.67 bits per heavy atom. The number of nitrogens with one attached hydrogen (secondary N) is 1. The summed E-state index contributed by atoms with van der Waals surface area (Å²) in [5.41, 5.74) is 1.03. The Morgan fingerprint density at radius 2 is 2.10 bits per heavy atom. The number of hydrogen-bond acceptors (Lipinski definition) is 4. The summed E-state index contributed by atoms with van der Waals surface area (Å²) in [6, 6.07) is 2.00. The fraction of sp³-hybridized carbons (Fsp3) is 0.688. The number of nitrogens with zero attached hydrogens (tertiary/aromatic N) is 1. The first-order chi connectivity index (χ1) is 9.87. The quantitative estimate of drug-likeness (QED) is 0.907. The molecule has 5 heteroatoms. The van der Waals surface area contributed by atoms with E-state index in [4.69, 9.17) is 4.74 Å². The molecular formula is C16H26N2O2S. The second kappa shape index (κ2) is 6.90. The molecule has 2 heterocycles. The van der Waals surface area contributed by atoms with Gasteiger partial charge >= 0.3 is 0 Å². The molecule has 4 nitrogen and oxygen atoms in total. The van der Waals surface area contributed by atoms with Crippen LogP contribution in [-0.4, -0.2) is 48.2 Å². The van der Waals surface area contributed by atoms with Gasteiger partial charge in [-0.05, 0) is 50.1 Å². The topological polar surface area (TPSA) is 41.6 Å². The van der Waals surface area contributed by atoms with Crippen LogP contribution in [0.1, 0.15) is 33.3 Å². The standard InChI is InChI=1S/C16H26N2O2S/c1-12-8-18(9-13(2)20-12)16(3,4)11-17-15(19)7-14-5-6-21-10-14/h5-6,10,12-13H,7-9,11H2,1-4H3,(H,17,19)/t12-,13+. The molecule has 1 aliphatic rings. The van der Waals surface area contributed by atoms with Crippen molar-refractivity contribution < 1.29 is 9.53 Å². The number of morpholine rings is 1. The molecule has 0 aromatic carbocycles. The third-order valence-corrected chi connectivity index (χ3v) is 4.67. The van der Waals surface area contributed by atoms with Gasteiger partial charge in [-0.2, -0.15) is 11.3 Å². The Morgan fingerprint density at radius 1 is 1.43 bits per heavy atom. The Labute approximate surface area is 131 Å². The summed E-state index contributed by atoms with van der Waals surface area (Å²) in [5, 5.41) is 7.10. The molecule has 2 rings (SSSR count). The monoisotopic (exact) mass is 310 g/mol. The highest BCUT2D eigenvalue weighted by molar-refractivity contribution is 7.07. The molecule has 1 aliphatic heterocycles. The molecule has 21 heavy (non-hydrogen) atoms. The smallest absolute Gasteiger partial charge is 0.224 e. The van der Waals surface area contributed by atoms with Crippen LogP contribution >= 0.6 is 11.3 Å². The molecule has 0 bridgehead atoms. The van der Waals surface area contributed by atoms with Crippen LogP contribution in [0.15, 0.2) is 16.8 Å². The lowest BCUT2D eigenvalue weighted by Crippen LogP contribution is -2.58. The van der Waals surface area contributed by atoms with Gasteiger partial charge in [-0.1, -0.05) is 0 Å². The van der Waals surface area contributed by atoms with Crippen molar-refractivity contribution in [1.82, 2.24) is 10.2 Å². The highest BCUT2D eigenvalue weighted by Crippen LogP contribution is 2.20. The molecule has 2 atom stereocenters. The molecule has 0 spiro atoms. The maximum Gasteiger partial charge on any atom is 0.224 e. The highest BCUT2D eigenvalue weighted by atomic mass is 32.1. The number of carbonyl (C=O) groups excluding carboxylic acids is 1. The summed E-state index contributed by atoms with van der Waals surface area (Å²) < 4.78 is 5.78. The lowest BCUT2D eigenvalue weighted by molar-refractivity contribution is -0.122. The predicted molar refractivity (Wildman–Crippen MR) is 86.7 cm³/mol. The molecule has 0 aliphatic carbocycles. The van der Waals surface area contributed by atoms with Crippen molar-refractivity contribution in [3.05, 3.63) is 22.4 Å². The van der Waals surface area contributed by atoms with Gasteiger partial charge in [0.25, 0.3) is 0 Å². The average molecular weight is 310 g/mol. The zero-order chi connectivity index (χ0) is 15.5. The van der Waals surface area contributed by atoms with E-state index in [1.54, 1.807) is 11.3 Å². The SMILES string of the molecule is C[C@@H]1CN(C(C)(C)CNC(=O)Cc2ccsc2)C[C@H](C)O1. The highest BCUT2D eigenvalue weighted by Gasteiger charge is 2.33. The van der Waals surface area contributed by atoms with Gasteiger partial charge in [-0.15, -0.1) is 0 Å². The van der Waals surface area contributed by atoms with Crippen LogP contribution in [-0.2, 0) is 16.0 Å². The fourth-order valence-corrected chi connectivity index (χ4v) is 3.41.